The fourth-order valence-electron chi connectivity index (χ4n) is 0.613. The Bertz CT molecular complexity index is 112. The zero-order chi connectivity index (χ0) is 5.98. The van der Waals surface area contributed by atoms with E-state index in [1.165, 1.54) is 0 Å². The van der Waals surface area contributed by atoms with Gasteiger partial charge in [-0.3, -0.25) is 0 Å². The van der Waals surface area contributed by atoms with Gasteiger partial charge >= 0.3 is 0 Å². The van der Waals surface area contributed by atoms with Crippen molar-refractivity contribution in [3.63, 3.8) is 0 Å². The minimum atomic E-state index is -0.486. The molecule has 44 valence electrons. The third-order valence-corrected chi connectivity index (χ3v) is 1.15. The van der Waals surface area contributed by atoms with Crippen LogP contribution in [0.4, 0.5) is 0 Å². The summed E-state index contributed by atoms with van der Waals surface area (Å²) < 4.78 is 0. The first-order valence-corrected chi connectivity index (χ1v) is 2.59. The average Bonchev–Trinajstić information content (AvgIpc) is 1.77. The third-order valence-electron chi connectivity index (χ3n) is 1.15. The SMILES string of the molecule is NC1C=CC=CC1O. The lowest BCUT2D eigenvalue weighted by molar-refractivity contribution is 0.207. The normalized spacial score (nSPS) is 35.8. The molecule has 8 heavy (non-hydrogen) atoms. The van der Waals surface area contributed by atoms with E-state index in [-0.39, 0.29) is 6.04 Å². The first-order valence-electron chi connectivity index (χ1n) is 2.59. The molecule has 2 nitrogen and oxygen atoms in total. The molecule has 0 aromatic carbocycles. The second-order valence-electron chi connectivity index (χ2n) is 1.84. The average molecular weight is 111 g/mol. The Morgan fingerprint density at radius 3 is 2.25 bits per heavy atom. The van der Waals surface area contributed by atoms with Crippen LogP contribution in [0.2, 0.25) is 0 Å². The Morgan fingerprint density at radius 2 is 1.88 bits per heavy atom. The molecule has 3 N–H and O–H groups in total. The number of hydrogen-bond acceptors (Lipinski definition) is 2. The number of aliphatic hydroxyl groups is 1. The summed E-state index contributed by atoms with van der Waals surface area (Å²) in [6, 6.07) is -0.208. The molecule has 2 atom stereocenters. The van der Waals surface area contributed by atoms with Crippen LogP contribution in [0.15, 0.2) is 24.3 Å². The lowest BCUT2D eigenvalue weighted by Gasteiger charge is -2.12. The maximum atomic E-state index is 8.91. The molecule has 0 saturated carbocycles. The number of aliphatic hydroxyl groups excluding tert-OH is 1. The molecule has 0 bridgehead atoms. The second-order valence-corrected chi connectivity index (χ2v) is 1.84. The molecule has 0 spiro atoms. The van der Waals surface area contributed by atoms with Gasteiger partial charge < -0.3 is 10.8 Å². The first-order chi connectivity index (χ1) is 3.80. The van der Waals surface area contributed by atoms with Crippen LogP contribution in [0, 0.1) is 0 Å². The zero-order valence-electron chi connectivity index (χ0n) is 4.49. The summed E-state index contributed by atoms with van der Waals surface area (Å²) in [5.74, 6) is 0. The van der Waals surface area contributed by atoms with Gasteiger partial charge in [0, 0.05) is 0 Å². The molecule has 2 heteroatoms. The molecule has 0 radical (unpaired) electrons. The summed E-state index contributed by atoms with van der Waals surface area (Å²) in [4.78, 5) is 0. The van der Waals surface area contributed by atoms with E-state index in [1.54, 1.807) is 18.2 Å². The molecule has 0 fully saturated rings. The van der Waals surface area contributed by atoms with Crippen LogP contribution in [0.3, 0.4) is 0 Å². The van der Waals surface area contributed by atoms with Crippen molar-refractivity contribution in [2.45, 2.75) is 12.1 Å². The molecule has 0 aromatic heterocycles. The van der Waals surface area contributed by atoms with Crippen molar-refractivity contribution in [2.24, 2.45) is 5.73 Å². The maximum Gasteiger partial charge on any atom is 0.0910 e. The predicted octanol–water partition coefficient (Wildman–Crippen LogP) is -0.199. The van der Waals surface area contributed by atoms with Crippen molar-refractivity contribution in [3.05, 3.63) is 24.3 Å². The maximum absolute atomic E-state index is 8.91. The molecule has 1 rings (SSSR count). The van der Waals surface area contributed by atoms with Crippen LogP contribution in [0.25, 0.3) is 0 Å². The van der Waals surface area contributed by atoms with Crippen LogP contribution in [-0.4, -0.2) is 17.3 Å². The Kier molecular flexibility index (Phi) is 1.46. The smallest absolute Gasteiger partial charge is 0.0910 e. The van der Waals surface area contributed by atoms with Gasteiger partial charge in [-0.15, -0.1) is 0 Å². The number of nitrogens with two attached hydrogens (primary N) is 1. The van der Waals surface area contributed by atoms with Crippen LogP contribution >= 0.6 is 0 Å². The van der Waals surface area contributed by atoms with Crippen molar-refractivity contribution in [1.82, 2.24) is 0 Å². The minimum absolute atomic E-state index is 0.208. The molecule has 0 amide bonds. The number of allylic oxidation sites excluding steroid dienone is 2. The van der Waals surface area contributed by atoms with Gasteiger partial charge in [-0.25, -0.2) is 0 Å². The van der Waals surface area contributed by atoms with Crippen molar-refractivity contribution in [2.75, 3.05) is 0 Å². The monoisotopic (exact) mass is 111 g/mol. The first kappa shape index (κ1) is 5.54. The number of rotatable bonds is 0. The fraction of sp³-hybridized carbons (Fsp3) is 0.333. The van der Waals surface area contributed by atoms with Gasteiger partial charge in [0.2, 0.25) is 0 Å². The van der Waals surface area contributed by atoms with Crippen molar-refractivity contribution < 1.29 is 5.11 Å². The van der Waals surface area contributed by atoms with Gasteiger partial charge in [-0.1, -0.05) is 24.3 Å². The Balaban J connectivity index is 2.59. The van der Waals surface area contributed by atoms with Crippen LogP contribution < -0.4 is 5.73 Å². The molecular weight excluding hydrogens is 102 g/mol. The summed E-state index contributed by atoms with van der Waals surface area (Å²) in [6.07, 6.45) is 6.57. The van der Waals surface area contributed by atoms with E-state index in [2.05, 4.69) is 0 Å². The molecule has 0 saturated heterocycles. The highest BCUT2D eigenvalue weighted by molar-refractivity contribution is 5.16. The highest BCUT2D eigenvalue weighted by Crippen LogP contribution is 1.99. The fourth-order valence-corrected chi connectivity index (χ4v) is 0.613. The van der Waals surface area contributed by atoms with E-state index in [0.717, 1.165) is 0 Å². The van der Waals surface area contributed by atoms with Gasteiger partial charge in [0.25, 0.3) is 0 Å². The molecular formula is C6H9NO. The Hall–Kier alpha value is -0.600. The summed E-state index contributed by atoms with van der Waals surface area (Å²) in [5.41, 5.74) is 5.39. The molecule has 1 aliphatic carbocycles. The second kappa shape index (κ2) is 2.11. The van der Waals surface area contributed by atoms with Crippen LogP contribution in [-0.2, 0) is 0 Å². The topological polar surface area (TPSA) is 46.2 Å². The summed E-state index contributed by atoms with van der Waals surface area (Å²) in [5, 5.41) is 8.91. The van der Waals surface area contributed by atoms with Crippen LogP contribution in [0.1, 0.15) is 0 Å². The van der Waals surface area contributed by atoms with Gasteiger partial charge in [0.1, 0.15) is 0 Å². The van der Waals surface area contributed by atoms with E-state index in [9.17, 15) is 0 Å². The highest BCUT2D eigenvalue weighted by Gasteiger charge is 2.08. The largest absolute Gasteiger partial charge is 0.387 e. The third kappa shape index (κ3) is 0.967. The molecule has 0 aromatic rings. The molecule has 0 heterocycles. The van der Waals surface area contributed by atoms with E-state index in [1.807, 2.05) is 6.08 Å². The van der Waals surface area contributed by atoms with Gasteiger partial charge in [-0.2, -0.15) is 0 Å². The number of hydrogen-bond donors (Lipinski definition) is 2. The van der Waals surface area contributed by atoms with E-state index in [0.29, 0.717) is 0 Å². The summed E-state index contributed by atoms with van der Waals surface area (Å²) >= 11 is 0. The Labute approximate surface area is 48.3 Å². The zero-order valence-corrected chi connectivity index (χ0v) is 4.49. The minimum Gasteiger partial charge on any atom is -0.387 e. The Morgan fingerprint density at radius 1 is 1.25 bits per heavy atom. The van der Waals surface area contributed by atoms with E-state index < -0.39 is 6.10 Å². The highest BCUT2D eigenvalue weighted by atomic mass is 16.3. The predicted molar refractivity (Wildman–Crippen MR) is 32.3 cm³/mol. The quantitative estimate of drug-likeness (QED) is 0.454. The standard InChI is InChI=1S/C6H9NO/c7-5-3-1-2-4-6(5)8/h1-6,8H,7H2. The van der Waals surface area contributed by atoms with Crippen molar-refractivity contribution in [3.8, 4) is 0 Å². The summed E-state index contributed by atoms with van der Waals surface area (Å²) in [6.45, 7) is 0. The van der Waals surface area contributed by atoms with Crippen molar-refractivity contribution >= 4 is 0 Å². The van der Waals surface area contributed by atoms with Crippen molar-refractivity contribution in [1.29, 1.82) is 0 Å². The van der Waals surface area contributed by atoms with Gasteiger partial charge in [-0.05, 0) is 0 Å². The molecule has 1 aliphatic rings. The molecule has 0 aliphatic heterocycles. The lowest BCUT2D eigenvalue weighted by atomic mass is 10.1. The van der Waals surface area contributed by atoms with Gasteiger partial charge in [0.15, 0.2) is 0 Å². The van der Waals surface area contributed by atoms with Crippen LogP contribution in [0.5, 0.6) is 0 Å². The molecule has 2 unspecified atom stereocenters. The lowest BCUT2D eigenvalue weighted by Crippen LogP contribution is -2.31. The van der Waals surface area contributed by atoms with Gasteiger partial charge in [0.05, 0.1) is 12.1 Å². The van der Waals surface area contributed by atoms with E-state index in [4.69, 9.17) is 10.8 Å². The van der Waals surface area contributed by atoms with E-state index >= 15 is 0 Å². The summed E-state index contributed by atoms with van der Waals surface area (Å²) in [7, 11) is 0.